The topological polar surface area (TPSA) is 99.2 Å². The molecule has 3 aromatic rings. The van der Waals surface area contributed by atoms with E-state index >= 15 is 0 Å². The molecule has 0 aliphatic carbocycles. The monoisotopic (exact) mass is 436 g/mol. The van der Waals surface area contributed by atoms with Gasteiger partial charge in [-0.05, 0) is 32.4 Å². The van der Waals surface area contributed by atoms with Crippen LogP contribution in [0.15, 0.2) is 34.9 Å². The molecule has 2 aromatic heterocycles. The van der Waals surface area contributed by atoms with Gasteiger partial charge in [0.25, 0.3) is 5.91 Å². The Morgan fingerprint density at radius 3 is 2.66 bits per heavy atom. The number of hydrogen-bond acceptors (Lipinski definition) is 6. The van der Waals surface area contributed by atoms with E-state index in [1.807, 2.05) is 18.2 Å². The second-order valence-corrected chi connectivity index (χ2v) is 7.13. The predicted molar refractivity (Wildman–Crippen MR) is 107 cm³/mol. The Morgan fingerprint density at radius 1 is 1.28 bits per heavy atom. The number of halogens is 2. The van der Waals surface area contributed by atoms with E-state index in [1.165, 1.54) is 11.6 Å². The molecule has 1 atom stereocenters. The first-order chi connectivity index (χ1) is 13.8. The van der Waals surface area contributed by atoms with Gasteiger partial charge in [-0.1, -0.05) is 46.6 Å². The van der Waals surface area contributed by atoms with Gasteiger partial charge in [0.15, 0.2) is 11.9 Å². The summed E-state index contributed by atoms with van der Waals surface area (Å²) in [5.74, 6) is -0.531. The number of aryl methyl sites for hydroxylation is 2. The second kappa shape index (κ2) is 8.67. The molecule has 0 saturated carbocycles. The summed E-state index contributed by atoms with van der Waals surface area (Å²) in [4.78, 5) is 24.8. The molecule has 0 aliphatic heterocycles. The van der Waals surface area contributed by atoms with E-state index in [4.69, 9.17) is 32.5 Å². The fourth-order valence-corrected chi connectivity index (χ4v) is 3.11. The molecular weight excluding hydrogens is 419 g/mol. The number of benzene rings is 1. The summed E-state index contributed by atoms with van der Waals surface area (Å²) in [6.07, 6.45) is -1.08. The number of carbonyl (C=O) groups is 2. The number of ether oxygens (including phenoxy) is 1. The Kier molecular flexibility index (Phi) is 6.24. The average molecular weight is 437 g/mol. The number of aromatic nitrogens is 3. The van der Waals surface area contributed by atoms with E-state index in [0.717, 1.165) is 5.56 Å². The van der Waals surface area contributed by atoms with Gasteiger partial charge in [0.05, 0.1) is 12.2 Å². The van der Waals surface area contributed by atoms with E-state index in [1.54, 1.807) is 26.0 Å². The molecule has 3 rings (SSSR count). The number of nitrogens with one attached hydrogen (secondary N) is 1. The Balaban J connectivity index is 1.71. The van der Waals surface area contributed by atoms with E-state index in [0.29, 0.717) is 16.5 Å². The van der Waals surface area contributed by atoms with Gasteiger partial charge < -0.3 is 14.6 Å². The highest BCUT2D eigenvalue weighted by Gasteiger charge is 2.26. The third-order valence-corrected chi connectivity index (χ3v) is 4.83. The third kappa shape index (κ3) is 4.78. The SMILES string of the molecule is Cc1cc(NC(=O)C(C)OC(=O)c2c(C)nn(Cc3ccccc3Cl)c2Cl)no1. The van der Waals surface area contributed by atoms with Gasteiger partial charge in [-0.2, -0.15) is 5.10 Å². The number of rotatable bonds is 6. The first-order valence-corrected chi connectivity index (χ1v) is 9.43. The molecule has 1 unspecified atom stereocenters. The minimum Gasteiger partial charge on any atom is -0.449 e. The van der Waals surface area contributed by atoms with Gasteiger partial charge in [0.1, 0.15) is 16.5 Å². The largest absolute Gasteiger partial charge is 0.449 e. The number of esters is 1. The van der Waals surface area contributed by atoms with Crippen LogP contribution < -0.4 is 5.32 Å². The highest BCUT2D eigenvalue weighted by Crippen LogP contribution is 2.24. The summed E-state index contributed by atoms with van der Waals surface area (Å²) in [5.41, 5.74) is 1.27. The molecule has 0 radical (unpaired) electrons. The van der Waals surface area contributed by atoms with Crippen LogP contribution in [0.3, 0.4) is 0 Å². The molecule has 10 heteroatoms. The van der Waals surface area contributed by atoms with E-state index in [-0.39, 0.29) is 23.1 Å². The van der Waals surface area contributed by atoms with Crippen molar-refractivity contribution in [1.29, 1.82) is 0 Å². The second-order valence-electron chi connectivity index (χ2n) is 6.36. The van der Waals surface area contributed by atoms with Gasteiger partial charge in [-0.15, -0.1) is 0 Å². The minimum atomic E-state index is -1.08. The van der Waals surface area contributed by atoms with Gasteiger partial charge >= 0.3 is 5.97 Å². The van der Waals surface area contributed by atoms with Gasteiger partial charge in [-0.3, -0.25) is 4.79 Å². The first-order valence-electron chi connectivity index (χ1n) is 8.67. The normalized spacial score (nSPS) is 11.9. The van der Waals surface area contributed by atoms with Crippen LogP contribution in [0.2, 0.25) is 10.2 Å². The fraction of sp³-hybridized carbons (Fsp3) is 0.263. The highest BCUT2D eigenvalue weighted by molar-refractivity contribution is 6.33. The molecule has 0 bridgehead atoms. The predicted octanol–water partition coefficient (Wildman–Crippen LogP) is 4.03. The molecule has 0 fully saturated rings. The summed E-state index contributed by atoms with van der Waals surface area (Å²) in [6, 6.07) is 8.81. The van der Waals surface area contributed by atoms with Crippen molar-refractivity contribution in [1.82, 2.24) is 14.9 Å². The standard InChI is InChI=1S/C19H18Cl2N4O4/c1-10-8-15(24-29-10)22-18(26)12(3)28-19(27)16-11(2)23-25(17(16)21)9-13-6-4-5-7-14(13)20/h4-8,12H,9H2,1-3H3,(H,22,24,26). The Morgan fingerprint density at radius 2 is 2.00 bits per heavy atom. The summed E-state index contributed by atoms with van der Waals surface area (Å²) >= 11 is 12.5. The zero-order valence-corrected chi connectivity index (χ0v) is 17.4. The number of anilines is 1. The van der Waals surface area contributed by atoms with E-state index < -0.39 is 18.0 Å². The lowest BCUT2D eigenvalue weighted by Gasteiger charge is -2.12. The van der Waals surface area contributed by atoms with Gasteiger partial charge in [0, 0.05) is 11.1 Å². The van der Waals surface area contributed by atoms with Crippen molar-refractivity contribution in [3.8, 4) is 0 Å². The van der Waals surface area contributed by atoms with Crippen LogP contribution in [0.5, 0.6) is 0 Å². The Hall–Kier alpha value is -2.84. The van der Waals surface area contributed by atoms with Crippen LogP contribution in [0.4, 0.5) is 5.82 Å². The maximum absolute atomic E-state index is 12.6. The minimum absolute atomic E-state index is 0.0932. The molecule has 29 heavy (non-hydrogen) atoms. The molecule has 8 nitrogen and oxygen atoms in total. The zero-order valence-electron chi connectivity index (χ0n) is 15.9. The maximum Gasteiger partial charge on any atom is 0.343 e. The summed E-state index contributed by atoms with van der Waals surface area (Å²) in [6.45, 7) is 5.05. The first kappa shape index (κ1) is 20.9. The van der Waals surface area contributed by atoms with Crippen molar-refractivity contribution in [3.63, 3.8) is 0 Å². The molecule has 2 heterocycles. The van der Waals surface area contributed by atoms with Crippen LogP contribution in [0.25, 0.3) is 0 Å². The molecular formula is C19H18Cl2N4O4. The van der Waals surface area contributed by atoms with Crippen LogP contribution in [-0.4, -0.2) is 32.9 Å². The van der Waals surface area contributed by atoms with E-state index in [2.05, 4.69) is 15.6 Å². The van der Waals surface area contributed by atoms with Crippen LogP contribution in [0.1, 0.15) is 34.3 Å². The molecule has 0 spiro atoms. The fourth-order valence-electron chi connectivity index (χ4n) is 2.60. The number of carbonyl (C=O) groups excluding carboxylic acids is 2. The average Bonchev–Trinajstić information content (AvgIpc) is 3.19. The van der Waals surface area contributed by atoms with Gasteiger partial charge in [-0.25, -0.2) is 9.48 Å². The van der Waals surface area contributed by atoms with Crippen molar-refractivity contribution in [2.45, 2.75) is 33.4 Å². The van der Waals surface area contributed by atoms with Crippen molar-refractivity contribution >= 4 is 40.9 Å². The van der Waals surface area contributed by atoms with Crippen molar-refractivity contribution in [3.05, 3.63) is 63.1 Å². The summed E-state index contributed by atoms with van der Waals surface area (Å²) in [5, 5.41) is 11.1. The molecule has 1 amide bonds. The third-order valence-electron chi connectivity index (χ3n) is 4.08. The Labute approximate surface area is 176 Å². The summed E-state index contributed by atoms with van der Waals surface area (Å²) in [7, 11) is 0. The highest BCUT2D eigenvalue weighted by atomic mass is 35.5. The number of nitrogens with zero attached hydrogens (tertiary/aromatic N) is 3. The number of amides is 1. The molecule has 1 aromatic carbocycles. The maximum atomic E-state index is 12.6. The van der Waals surface area contributed by atoms with E-state index in [9.17, 15) is 9.59 Å². The Bertz CT molecular complexity index is 1060. The molecule has 0 aliphatic rings. The summed E-state index contributed by atoms with van der Waals surface area (Å²) < 4.78 is 11.6. The lowest BCUT2D eigenvalue weighted by Crippen LogP contribution is -2.30. The van der Waals surface area contributed by atoms with Crippen molar-refractivity contribution in [2.75, 3.05) is 5.32 Å². The molecule has 152 valence electrons. The smallest absolute Gasteiger partial charge is 0.343 e. The quantitative estimate of drug-likeness (QED) is 0.585. The lowest BCUT2D eigenvalue weighted by molar-refractivity contribution is -0.123. The van der Waals surface area contributed by atoms with Crippen LogP contribution >= 0.6 is 23.2 Å². The van der Waals surface area contributed by atoms with Crippen molar-refractivity contribution in [2.24, 2.45) is 0 Å². The van der Waals surface area contributed by atoms with Gasteiger partial charge in [0.2, 0.25) is 0 Å². The molecule has 0 saturated heterocycles. The zero-order chi connectivity index (χ0) is 21.1. The van der Waals surface area contributed by atoms with Crippen molar-refractivity contribution < 1.29 is 18.8 Å². The molecule has 1 N–H and O–H groups in total. The lowest BCUT2D eigenvalue weighted by atomic mass is 10.2. The number of hydrogen-bond donors (Lipinski definition) is 1. The van der Waals surface area contributed by atoms with Crippen LogP contribution in [-0.2, 0) is 16.1 Å². The van der Waals surface area contributed by atoms with Crippen LogP contribution in [0, 0.1) is 13.8 Å².